The van der Waals surface area contributed by atoms with E-state index < -0.39 is 0 Å². The van der Waals surface area contributed by atoms with E-state index in [1.54, 1.807) is 7.05 Å². The second-order valence-electron chi connectivity index (χ2n) is 8.55. The van der Waals surface area contributed by atoms with Crippen molar-refractivity contribution in [3.05, 3.63) is 80.8 Å². The summed E-state index contributed by atoms with van der Waals surface area (Å²) in [5.74, 6) is 0.675. The van der Waals surface area contributed by atoms with Crippen LogP contribution in [0.3, 0.4) is 0 Å². The summed E-state index contributed by atoms with van der Waals surface area (Å²) < 4.78 is 6.69. The van der Waals surface area contributed by atoms with Crippen molar-refractivity contribution < 1.29 is 0 Å². The minimum absolute atomic E-state index is 0.205. The van der Waals surface area contributed by atoms with Crippen molar-refractivity contribution >= 4 is 27.7 Å². The molecule has 0 unspecified atom stereocenters. The first-order valence-corrected chi connectivity index (χ1v) is 10.7. The molecule has 0 bridgehead atoms. The van der Waals surface area contributed by atoms with Crippen LogP contribution in [0.1, 0.15) is 11.3 Å². The first-order chi connectivity index (χ1) is 15.4. The normalized spacial score (nSPS) is 12.0. The maximum absolute atomic E-state index is 13.6. The Balaban J connectivity index is 1.72. The van der Waals surface area contributed by atoms with Crippen LogP contribution in [0.4, 0.5) is 0 Å². The largest absolute Gasteiger partial charge is 0.332 e. The van der Waals surface area contributed by atoms with E-state index in [9.17, 15) is 9.59 Å². The summed E-state index contributed by atoms with van der Waals surface area (Å²) >= 11 is 0. The molecule has 164 valence electrons. The fourth-order valence-electron chi connectivity index (χ4n) is 4.37. The zero-order chi connectivity index (χ0) is 22.6. The highest BCUT2D eigenvalue weighted by Crippen LogP contribution is 2.20. The average molecular weight is 431 g/mol. The standard InChI is InChI=1S/C24H26N6O2/c1-16-14-29-20-21(25-23(29)28(16)13-12-26(2)3)27(4)24(32)30(22(20)31)15-18-10-7-9-17-8-5-6-11-19(17)18/h5-11,14H,12-13,15H2,1-4H3. The van der Waals surface area contributed by atoms with Gasteiger partial charge in [0.25, 0.3) is 5.56 Å². The Kier molecular flexibility index (Phi) is 4.74. The number of fused-ring (bicyclic) bond motifs is 4. The van der Waals surface area contributed by atoms with E-state index in [1.807, 2.05) is 74.1 Å². The third-order valence-corrected chi connectivity index (χ3v) is 6.12. The van der Waals surface area contributed by atoms with Crippen molar-refractivity contribution in [2.45, 2.75) is 20.0 Å². The summed E-state index contributed by atoms with van der Waals surface area (Å²) in [6.45, 7) is 3.80. The lowest BCUT2D eigenvalue weighted by atomic mass is 10.0. The Morgan fingerprint density at radius 3 is 2.53 bits per heavy atom. The van der Waals surface area contributed by atoms with Crippen LogP contribution in [0.2, 0.25) is 0 Å². The zero-order valence-corrected chi connectivity index (χ0v) is 18.7. The van der Waals surface area contributed by atoms with Crippen molar-refractivity contribution in [1.29, 1.82) is 0 Å². The summed E-state index contributed by atoms with van der Waals surface area (Å²) in [6, 6.07) is 13.9. The predicted molar refractivity (Wildman–Crippen MR) is 127 cm³/mol. The van der Waals surface area contributed by atoms with E-state index >= 15 is 0 Å². The van der Waals surface area contributed by atoms with Gasteiger partial charge in [0, 0.05) is 32.0 Å². The Morgan fingerprint density at radius 2 is 1.75 bits per heavy atom. The predicted octanol–water partition coefficient (Wildman–Crippen LogP) is 2.22. The number of nitrogens with zero attached hydrogens (tertiary/aromatic N) is 6. The molecule has 5 aromatic rings. The molecule has 0 aliphatic rings. The number of likely N-dealkylation sites (N-methyl/N-ethyl adjacent to an activating group) is 1. The molecule has 0 atom stereocenters. The number of aryl methyl sites for hydroxylation is 2. The van der Waals surface area contributed by atoms with Gasteiger partial charge in [-0.1, -0.05) is 42.5 Å². The highest BCUT2D eigenvalue weighted by atomic mass is 16.2. The maximum Gasteiger partial charge on any atom is 0.332 e. The van der Waals surface area contributed by atoms with Gasteiger partial charge in [-0.2, -0.15) is 4.98 Å². The van der Waals surface area contributed by atoms with Gasteiger partial charge in [-0.3, -0.25) is 18.3 Å². The highest BCUT2D eigenvalue weighted by molar-refractivity contribution is 5.85. The van der Waals surface area contributed by atoms with Gasteiger partial charge in [-0.05, 0) is 37.4 Å². The number of rotatable bonds is 5. The van der Waals surface area contributed by atoms with Gasteiger partial charge in [0.05, 0.1) is 6.54 Å². The summed E-state index contributed by atoms with van der Waals surface area (Å²) in [6.07, 6.45) is 1.93. The number of benzene rings is 2. The number of aromatic nitrogens is 5. The highest BCUT2D eigenvalue weighted by Gasteiger charge is 2.20. The second-order valence-corrected chi connectivity index (χ2v) is 8.55. The molecule has 5 rings (SSSR count). The van der Waals surface area contributed by atoms with Gasteiger partial charge in [0.15, 0.2) is 11.2 Å². The molecule has 8 heteroatoms. The molecule has 3 heterocycles. The molecule has 0 radical (unpaired) electrons. The number of hydrogen-bond donors (Lipinski definition) is 0. The lowest BCUT2D eigenvalue weighted by Gasteiger charge is -2.11. The third-order valence-electron chi connectivity index (χ3n) is 6.12. The SMILES string of the molecule is Cc1cn2c3c(=O)n(Cc4cccc5ccccc45)c(=O)n(C)c3nc2n1CCN(C)C. The Bertz CT molecular complexity index is 1590. The summed E-state index contributed by atoms with van der Waals surface area (Å²) in [4.78, 5) is 33.5. The molecular weight excluding hydrogens is 404 g/mol. The Hall–Kier alpha value is -3.65. The summed E-state index contributed by atoms with van der Waals surface area (Å²) in [7, 11) is 5.72. The smallest absolute Gasteiger partial charge is 0.313 e. The van der Waals surface area contributed by atoms with Crippen LogP contribution in [0.15, 0.2) is 58.3 Å². The molecule has 0 N–H and O–H groups in total. The van der Waals surface area contributed by atoms with Crippen LogP contribution in [0.25, 0.3) is 27.7 Å². The number of imidazole rings is 2. The third kappa shape index (κ3) is 3.06. The van der Waals surface area contributed by atoms with E-state index in [1.165, 1.54) is 9.13 Å². The van der Waals surface area contributed by atoms with Crippen molar-refractivity contribution in [3.8, 4) is 0 Å². The lowest BCUT2D eigenvalue weighted by molar-refractivity contribution is 0.384. The Morgan fingerprint density at radius 1 is 1.00 bits per heavy atom. The minimum Gasteiger partial charge on any atom is -0.313 e. The molecule has 0 spiro atoms. The van der Waals surface area contributed by atoms with Gasteiger partial charge in [0.2, 0.25) is 5.78 Å². The topological polar surface area (TPSA) is 69.5 Å². The van der Waals surface area contributed by atoms with E-state index in [0.717, 1.165) is 35.1 Å². The summed E-state index contributed by atoms with van der Waals surface area (Å²) in [5.41, 5.74) is 2.09. The van der Waals surface area contributed by atoms with Gasteiger partial charge in [0.1, 0.15) is 0 Å². The molecular formula is C24H26N6O2. The molecule has 8 nitrogen and oxygen atoms in total. The Labute approximate surface area is 184 Å². The first kappa shape index (κ1) is 20.3. The minimum atomic E-state index is -0.368. The zero-order valence-electron chi connectivity index (χ0n) is 18.7. The molecule has 2 aromatic carbocycles. The lowest BCUT2D eigenvalue weighted by Crippen LogP contribution is -2.39. The van der Waals surface area contributed by atoms with Gasteiger partial charge in [-0.15, -0.1) is 0 Å². The fraction of sp³-hybridized carbons (Fsp3) is 0.292. The van der Waals surface area contributed by atoms with Gasteiger partial charge >= 0.3 is 5.69 Å². The molecule has 0 aliphatic heterocycles. The van der Waals surface area contributed by atoms with E-state index in [4.69, 9.17) is 4.98 Å². The van der Waals surface area contributed by atoms with Crippen molar-refractivity contribution in [2.75, 3.05) is 20.6 Å². The summed E-state index contributed by atoms with van der Waals surface area (Å²) in [5, 5.41) is 2.12. The second kappa shape index (κ2) is 7.49. The molecule has 0 saturated carbocycles. The molecule has 0 amide bonds. The van der Waals surface area contributed by atoms with Crippen LogP contribution in [0, 0.1) is 6.92 Å². The molecule has 0 fully saturated rings. The van der Waals surface area contributed by atoms with Gasteiger partial charge < -0.3 is 9.47 Å². The van der Waals surface area contributed by atoms with Crippen molar-refractivity contribution in [3.63, 3.8) is 0 Å². The van der Waals surface area contributed by atoms with Crippen LogP contribution in [-0.2, 0) is 20.1 Å². The quantitative estimate of drug-likeness (QED) is 0.429. The van der Waals surface area contributed by atoms with E-state index in [0.29, 0.717) is 16.9 Å². The first-order valence-electron chi connectivity index (χ1n) is 10.7. The number of hydrogen-bond acceptors (Lipinski definition) is 4. The molecule has 0 aliphatic carbocycles. The fourth-order valence-corrected chi connectivity index (χ4v) is 4.37. The van der Waals surface area contributed by atoms with Crippen LogP contribution in [0.5, 0.6) is 0 Å². The van der Waals surface area contributed by atoms with Crippen LogP contribution >= 0.6 is 0 Å². The monoisotopic (exact) mass is 430 g/mol. The molecule has 3 aromatic heterocycles. The van der Waals surface area contributed by atoms with E-state index in [2.05, 4.69) is 9.47 Å². The van der Waals surface area contributed by atoms with E-state index in [-0.39, 0.29) is 17.8 Å². The van der Waals surface area contributed by atoms with Gasteiger partial charge in [-0.25, -0.2) is 4.79 Å². The van der Waals surface area contributed by atoms with Crippen molar-refractivity contribution in [1.82, 2.24) is 28.0 Å². The van der Waals surface area contributed by atoms with Crippen LogP contribution in [-0.4, -0.2) is 48.6 Å². The van der Waals surface area contributed by atoms with Crippen molar-refractivity contribution in [2.24, 2.45) is 7.05 Å². The van der Waals surface area contributed by atoms with Crippen LogP contribution < -0.4 is 11.2 Å². The average Bonchev–Trinajstić information content (AvgIpc) is 3.28. The molecule has 32 heavy (non-hydrogen) atoms. The molecule has 0 saturated heterocycles. The maximum atomic E-state index is 13.6.